The van der Waals surface area contributed by atoms with Crippen molar-refractivity contribution in [3.05, 3.63) is 42.4 Å². The number of rotatable bonds is 2. The normalized spacial score (nSPS) is 16.6. The minimum atomic E-state index is -0.291. The van der Waals surface area contributed by atoms with Crippen molar-refractivity contribution >= 4 is 16.9 Å². The third kappa shape index (κ3) is 2.19. The van der Waals surface area contributed by atoms with Gasteiger partial charge in [0.1, 0.15) is 5.82 Å². The molecule has 1 saturated heterocycles. The molecule has 4 nitrogen and oxygen atoms in total. The molecule has 1 amide bonds. The predicted molar refractivity (Wildman–Crippen MR) is 72.7 cm³/mol. The van der Waals surface area contributed by atoms with Crippen LogP contribution in [0.5, 0.6) is 0 Å². The van der Waals surface area contributed by atoms with Gasteiger partial charge in [-0.25, -0.2) is 4.39 Å². The average Bonchev–Trinajstić information content (AvgIpc) is 2.89. The van der Waals surface area contributed by atoms with Crippen LogP contribution in [-0.4, -0.2) is 29.1 Å². The van der Waals surface area contributed by atoms with Gasteiger partial charge in [-0.2, -0.15) is 0 Å². The third-order valence-corrected chi connectivity index (χ3v) is 3.83. The second-order valence-electron chi connectivity index (χ2n) is 5.01. The molecular formula is C15H15FN2O2. The van der Waals surface area contributed by atoms with E-state index < -0.39 is 0 Å². The maximum atomic E-state index is 13.3. The van der Waals surface area contributed by atoms with E-state index in [1.165, 1.54) is 18.2 Å². The van der Waals surface area contributed by atoms with E-state index in [2.05, 4.69) is 11.7 Å². The maximum Gasteiger partial charge on any atom is 0.245 e. The van der Waals surface area contributed by atoms with Gasteiger partial charge in [0.2, 0.25) is 5.91 Å². The van der Waals surface area contributed by atoms with Crippen LogP contribution in [-0.2, 0) is 4.79 Å². The molecule has 1 aliphatic heterocycles. The first-order valence-corrected chi connectivity index (χ1v) is 6.65. The first kappa shape index (κ1) is 12.8. The molecule has 0 bridgehead atoms. The quantitative estimate of drug-likeness (QED) is 0.791. The monoisotopic (exact) mass is 274 g/mol. The average molecular weight is 274 g/mol. The molecule has 0 unspecified atom stereocenters. The lowest BCUT2D eigenvalue weighted by Crippen LogP contribution is -2.36. The highest BCUT2D eigenvalue weighted by Crippen LogP contribution is 2.32. The van der Waals surface area contributed by atoms with Crippen molar-refractivity contribution in [1.82, 2.24) is 10.1 Å². The predicted octanol–water partition coefficient (Wildman–Crippen LogP) is 2.86. The van der Waals surface area contributed by atoms with Crippen LogP contribution in [0.15, 0.2) is 35.4 Å². The zero-order chi connectivity index (χ0) is 14.1. The van der Waals surface area contributed by atoms with E-state index in [9.17, 15) is 9.18 Å². The number of fused-ring (bicyclic) bond motifs is 1. The lowest BCUT2D eigenvalue weighted by molar-refractivity contribution is -0.127. The summed E-state index contributed by atoms with van der Waals surface area (Å²) >= 11 is 0. The number of halogens is 1. The van der Waals surface area contributed by atoms with Crippen molar-refractivity contribution in [3.63, 3.8) is 0 Å². The minimum Gasteiger partial charge on any atom is -0.356 e. The van der Waals surface area contributed by atoms with Crippen LogP contribution in [0.1, 0.15) is 24.5 Å². The Hall–Kier alpha value is -2.17. The fraction of sp³-hybridized carbons (Fsp3) is 0.333. The van der Waals surface area contributed by atoms with Crippen LogP contribution in [0.25, 0.3) is 11.0 Å². The number of hydrogen-bond acceptors (Lipinski definition) is 3. The molecule has 0 spiro atoms. The van der Waals surface area contributed by atoms with Crippen LogP contribution in [0.4, 0.5) is 4.39 Å². The zero-order valence-electron chi connectivity index (χ0n) is 11.0. The summed E-state index contributed by atoms with van der Waals surface area (Å²) in [5.41, 5.74) is 1.40. The van der Waals surface area contributed by atoms with Crippen molar-refractivity contribution in [2.24, 2.45) is 0 Å². The van der Waals surface area contributed by atoms with Gasteiger partial charge in [-0.1, -0.05) is 11.7 Å². The molecule has 0 N–H and O–H groups in total. The van der Waals surface area contributed by atoms with Gasteiger partial charge in [0, 0.05) is 24.4 Å². The van der Waals surface area contributed by atoms with Gasteiger partial charge in [0.25, 0.3) is 0 Å². The Kier molecular flexibility index (Phi) is 3.26. The first-order valence-electron chi connectivity index (χ1n) is 6.65. The Morgan fingerprint density at radius 3 is 2.90 bits per heavy atom. The Bertz CT molecular complexity index is 657. The Morgan fingerprint density at radius 2 is 2.20 bits per heavy atom. The van der Waals surface area contributed by atoms with Crippen LogP contribution in [0, 0.1) is 5.82 Å². The number of hydrogen-bond donors (Lipinski definition) is 0. The molecule has 2 heterocycles. The summed E-state index contributed by atoms with van der Waals surface area (Å²) < 4.78 is 18.6. The number of benzene rings is 1. The second kappa shape index (κ2) is 5.07. The van der Waals surface area contributed by atoms with E-state index in [0.29, 0.717) is 18.7 Å². The Balaban J connectivity index is 1.81. The van der Waals surface area contributed by atoms with Gasteiger partial charge in [-0.3, -0.25) is 4.79 Å². The Morgan fingerprint density at radius 1 is 1.45 bits per heavy atom. The highest BCUT2D eigenvalue weighted by atomic mass is 19.1. The molecule has 0 saturated carbocycles. The smallest absolute Gasteiger partial charge is 0.245 e. The second-order valence-corrected chi connectivity index (χ2v) is 5.01. The molecule has 0 atom stereocenters. The number of piperidine rings is 1. The molecule has 1 fully saturated rings. The molecule has 2 aromatic rings. The molecular weight excluding hydrogens is 259 g/mol. The van der Waals surface area contributed by atoms with Gasteiger partial charge >= 0.3 is 0 Å². The van der Waals surface area contributed by atoms with Gasteiger partial charge < -0.3 is 9.42 Å². The summed E-state index contributed by atoms with van der Waals surface area (Å²) in [5, 5.41) is 4.82. The van der Waals surface area contributed by atoms with Gasteiger partial charge in [-0.05, 0) is 37.1 Å². The van der Waals surface area contributed by atoms with E-state index >= 15 is 0 Å². The third-order valence-electron chi connectivity index (χ3n) is 3.83. The van der Waals surface area contributed by atoms with E-state index in [-0.39, 0.29) is 17.6 Å². The topological polar surface area (TPSA) is 46.3 Å². The van der Waals surface area contributed by atoms with Crippen molar-refractivity contribution in [2.45, 2.75) is 18.8 Å². The van der Waals surface area contributed by atoms with Crippen molar-refractivity contribution < 1.29 is 13.7 Å². The number of aromatic nitrogens is 1. The fourth-order valence-electron chi connectivity index (χ4n) is 2.73. The summed E-state index contributed by atoms with van der Waals surface area (Å²) in [4.78, 5) is 13.3. The van der Waals surface area contributed by atoms with E-state index in [4.69, 9.17) is 4.52 Å². The molecule has 1 aromatic heterocycles. The molecule has 5 heteroatoms. The molecule has 0 aliphatic carbocycles. The van der Waals surface area contributed by atoms with Crippen molar-refractivity contribution in [1.29, 1.82) is 0 Å². The highest BCUT2D eigenvalue weighted by Gasteiger charge is 2.26. The molecule has 20 heavy (non-hydrogen) atoms. The van der Waals surface area contributed by atoms with Gasteiger partial charge in [0.05, 0.1) is 5.69 Å². The lowest BCUT2D eigenvalue weighted by Gasteiger charge is -2.30. The van der Waals surface area contributed by atoms with Crippen LogP contribution in [0.2, 0.25) is 0 Å². The number of carbonyl (C=O) groups is 1. The number of amides is 1. The lowest BCUT2D eigenvalue weighted by atomic mass is 9.91. The van der Waals surface area contributed by atoms with Crippen LogP contribution >= 0.6 is 0 Å². The molecule has 1 aliphatic rings. The summed E-state index contributed by atoms with van der Waals surface area (Å²) in [5.74, 6) is -0.132. The SMILES string of the molecule is C=CC(=O)N1CCC(c2noc3ccc(F)cc23)CC1. The number of likely N-dealkylation sites (tertiary alicyclic amines) is 1. The largest absolute Gasteiger partial charge is 0.356 e. The summed E-state index contributed by atoms with van der Waals surface area (Å²) in [6.45, 7) is 4.83. The number of carbonyl (C=O) groups excluding carboxylic acids is 1. The van der Waals surface area contributed by atoms with Crippen molar-refractivity contribution in [3.8, 4) is 0 Å². The molecule has 1 aromatic carbocycles. The molecule has 104 valence electrons. The maximum absolute atomic E-state index is 13.3. The van der Waals surface area contributed by atoms with E-state index in [1.807, 2.05) is 0 Å². The van der Waals surface area contributed by atoms with Crippen molar-refractivity contribution in [2.75, 3.05) is 13.1 Å². The van der Waals surface area contributed by atoms with Gasteiger partial charge in [0.15, 0.2) is 5.58 Å². The highest BCUT2D eigenvalue weighted by molar-refractivity contribution is 5.87. The molecule has 0 radical (unpaired) electrons. The summed E-state index contributed by atoms with van der Waals surface area (Å²) in [6.07, 6.45) is 2.94. The van der Waals surface area contributed by atoms with E-state index in [0.717, 1.165) is 23.9 Å². The summed E-state index contributed by atoms with van der Waals surface area (Å²) in [6, 6.07) is 4.42. The number of nitrogens with zero attached hydrogens (tertiary/aromatic N) is 2. The first-order chi connectivity index (χ1) is 9.69. The standard InChI is InChI=1S/C15H15FN2O2/c1-2-14(19)18-7-5-10(6-8-18)15-12-9-11(16)3-4-13(12)20-17-15/h2-4,9-10H,1,5-8H2. The minimum absolute atomic E-state index is 0.0421. The van der Waals surface area contributed by atoms with Crippen LogP contribution < -0.4 is 0 Å². The zero-order valence-corrected chi connectivity index (χ0v) is 11.0. The van der Waals surface area contributed by atoms with Crippen LogP contribution in [0.3, 0.4) is 0 Å². The van der Waals surface area contributed by atoms with E-state index in [1.54, 1.807) is 11.0 Å². The summed E-state index contributed by atoms with van der Waals surface area (Å²) in [7, 11) is 0. The molecule has 3 rings (SSSR count). The fourth-order valence-corrected chi connectivity index (χ4v) is 2.73. The van der Waals surface area contributed by atoms with Gasteiger partial charge in [-0.15, -0.1) is 0 Å². The Labute approximate surface area is 115 Å².